The Bertz CT molecular complexity index is 1110. The zero-order valence-corrected chi connectivity index (χ0v) is 16.5. The number of amides is 1. The summed E-state index contributed by atoms with van der Waals surface area (Å²) in [5.74, 6) is -0.470. The molecule has 1 aromatic heterocycles. The molecule has 1 amide bonds. The lowest BCUT2D eigenvalue weighted by Crippen LogP contribution is -2.29. The summed E-state index contributed by atoms with van der Waals surface area (Å²) >= 11 is 6.00. The van der Waals surface area contributed by atoms with Gasteiger partial charge in [0.05, 0.1) is 11.1 Å². The van der Waals surface area contributed by atoms with E-state index in [1.165, 1.54) is 4.68 Å². The van der Waals surface area contributed by atoms with Crippen molar-refractivity contribution in [1.82, 2.24) is 15.2 Å². The third-order valence-corrected chi connectivity index (χ3v) is 4.61. The van der Waals surface area contributed by atoms with Crippen molar-refractivity contribution in [3.63, 3.8) is 0 Å². The minimum absolute atomic E-state index is 0.175. The topological polar surface area (TPSA) is 76.3 Å². The first kappa shape index (κ1) is 19.8. The highest BCUT2D eigenvalue weighted by molar-refractivity contribution is 6.31. The fraction of sp³-hybridized carbons (Fsp3) is 0.238. The molecule has 1 N–H and O–H groups in total. The Morgan fingerprint density at radius 3 is 2.64 bits per heavy atom. The van der Waals surface area contributed by atoms with E-state index in [1.54, 1.807) is 43.3 Å². The van der Waals surface area contributed by atoms with Gasteiger partial charge in [-0.1, -0.05) is 55.3 Å². The van der Waals surface area contributed by atoms with Gasteiger partial charge in [0, 0.05) is 17.0 Å². The molecule has 2 aromatic carbocycles. The highest BCUT2D eigenvalue weighted by Crippen LogP contribution is 2.14. The van der Waals surface area contributed by atoms with Crippen molar-refractivity contribution in [2.24, 2.45) is 5.10 Å². The fourth-order valence-corrected chi connectivity index (χ4v) is 3.02. The summed E-state index contributed by atoms with van der Waals surface area (Å²) in [6.45, 7) is 4.28. The van der Waals surface area contributed by atoms with Crippen LogP contribution in [0.5, 0.6) is 0 Å². The van der Waals surface area contributed by atoms with Crippen molar-refractivity contribution in [1.29, 1.82) is 0 Å². The van der Waals surface area contributed by atoms with Crippen molar-refractivity contribution >= 4 is 34.0 Å². The third kappa shape index (κ3) is 4.28. The van der Waals surface area contributed by atoms with Gasteiger partial charge in [-0.3, -0.25) is 9.59 Å². The molecule has 0 bridgehead atoms. The molecule has 0 aliphatic heterocycles. The van der Waals surface area contributed by atoms with Crippen LogP contribution in [0.25, 0.3) is 10.8 Å². The highest BCUT2D eigenvalue weighted by Gasteiger charge is 2.16. The zero-order valence-electron chi connectivity index (χ0n) is 15.8. The number of rotatable bonds is 6. The van der Waals surface area contributed by atoms with E-state index in [9.17, 15) is 9.59 Å². The van der Waals surface area contributed by atoms with Gasteiger partial charge in [-0.05, 0) is 37.1 Å². The lowest BCUT2D eigenvalue weighted by atomic mass is 10.1. The van der Waals surface area contributed by atoms with E-state index in [0.717, 1.165) is 18.4 Å². The summed E-state index contributed by atoms with van der Waals surface area (Å²) < 4.78 is 1.36. The number of halogens is 1. The van der Waals surface area contributed by atoms with E-state index in [4.69, 9.17) is 11.6 Å². The van der Waals surface area contributed by atoms with Crippen molar-refractivity contribution in [2.45, 2.75) is 33.2 Å². The predicted octanol–water partition coefficient (Wildman–Crippen LogP) is 4.00. The van der Waals surface area contributed by atoms with Crippen LogP contribution in [0, 0.1) is 0 Å². The van der Waals surface area contributed by atoms with Gasteiger partial charge in [-0.2, -0.15) is 10.2 Å². The number of hydrogen-bond acceptors (Lipinski definition) is 4. The zero-order chi connectivity index (χ0) is 20.1. The molecule has 1 heterocycles. The number of carbonyl (C=O) groups excluding carboxylic acids is 1. The van der Waals surface area contributed by atoms with Crippen LogP contribution in [0.2, 0.25) is 5.02 Å². The number of carbonyl (C=O) groups is 1. The van der Waals surface area contributed by atoms with E-state index < -0.39 is 5.91 Å². The van der Waals surface area contributed by atoms with E-state index in [0.29, 0.717) is 28.1 Å². The molecule has 0 atom stereocenters. The van der Waals surface area contributed by atoms with Gasteiger partial charge in [0.25, 0.3) is 11.5 Å². The van der Waals surface area contributed by atoms with Crippen LogP contribution < -0.4 is 11.0 Å². The van der Waals surface area contributed by atoms with E-state index in [-0.39, 0.29) is 11.3 Å². The Labute approximate surface area is 167 Å². The smallest absolute Gasteiger partial charge is 0.267 e. The summed E-state index contributed by atoms with van der Waals surface area (Å²) in [7, 11) is 0. The van der Waals surface area contributed by atoms with Crippen molar-refractivity contribution in [3.05, 3.63) is 75.2 Å². The molecular formula is C21H21ClN4O2. The lowest BCUT2D eigenvalue weighted by Gasteiger charge is -2.10. The normalized spacial score (nSPS) is 11.6. The standard InChI is InChI=1S/C21H21ClN4O2/c1-3-4-12-26-21(28)18-11-6-5-10-17(18)19(25-26)20(27)24-23-14(2)15-8-7-9-16(22)13-15/h5-11,13H,3-4,12H2,1-2H3,(H,24,27)/b23-14+. The maximum Gasteiger partial charge on any atom is 0.292 e. The molecule has 0 saturated heterocycles. The first-order valence-corrected chi connectivity index (χ1v) is 9.49. The Balaban J connectivity index is 1.95. The van der Waals surface area contributed by atoms with Gasteiger partial charge < -0.3 is 0 Å². The van der Waals surface area contributed by atoms with Gasteiger partial charge in [0.15, 0.2) is 5.69 Å². The van der Waals surface area contributed by atoms with Gasteiger partial charge in [-0.25, -0.2) is 10.1 Å². The molecule has 0 fully saturated rings. The molecule has 0 unspecified atom stereocenters. The maximum atomic E-state index is 12.8. The van der Waals surface area contributed by atoms with Gasteiger partial charge in [-0.15, -0.1) is 0 Å². The number of hydrogen-bond donors (Lipinski definition) is 1. The third-order valence-electron chi connectivity index (χ3n) is 4.37. The van der Waals surface area contributed by atoms with E-state index in [2.05, 4.69) is 15.6 Å². The molecule has 28 heavy (non-hydrogen) atoms. The number of aromatic nitrogens is 2. The molecular weight excluding hydrogens is 376 g/mol. The maximum absolute atomic E-state index is 12.8. The molecule has 3 rings (SSSR count). The number of fused-ring (bicyclic) bond motifs is 1. The Hall–Kier alpha value is -2.99. The monoisotopic (exact) mass is 396 g/mol. The van der Waals surface area contributed by atoms with Crippen molar-refractivity contribution in [2.75, 3.05) is 0 Å². The highest BCUT2D eigenvalue weighted by atomic mass is 35.5. The van der Waals surface area contributed by atoms with E-state index >= 15 is 0 Å². The second-order valence-corrected chi connectivity index (χ2v) is 6.86. The van der Waals surface area contributed by atoms with Crippen LogP contribution in [-0.2, 0) is 6.54 Å². The van der Waals surface area contributed by atoms with E-state index in [1.807, 2.05) is 19.1 Å². The molecule has 0 saturated carbocycles. The largest absolute Gasteiger partial charge is 0.292 e. The first-order valence-electron chi connectivity index (χ1n) is 9.11. The van der Waals surface area contributed by atoms with Gasteiger partial charge >= 0.3 is 0 Å². The van der Waals surface area contributed by atoms with Crippen LogP contribution in [0.3, 0.4) is 0 Å². The summed E-state index contributed by atoms with van der Waals surface area (Å²) in [5.41, 5.74) is 3.93. The number of benzene rings is 2. The average Bonchev–Trinajstić information content (AvgIpc) is 2.71. The Morgan fingerprint density at radius 2 is 1.93 bits per heavy atom. The quantitative estimate of drug-likeness (QED) is 0.505. The number of unbranched alkanes of at least 4 members (excludes halogenated alkanes) is 1. The average molecular weight is 397 g/mol. The van der Waals surface area contributed by atoms with Crippen LogP contribution in [0.15, 0.2) is 58.4 Å². The number of nitrogens with one attached hydrogen (secondary N) is 1. The number of nitrogens with zero attached hydrogens (tertiary/aromatic N) is 3. The summed E-state index contributed by atoms with van der Waals surface area (Å²) in [4.78, 5) is 25.4. The minimum Gasteiger partial charge on any atom is -0.267 e. The molecule has 0 aliphatic rings. The SMILES string of the molecule is CCCCn1nc(C(=O)N/N=C(\C)c2cccc(Cl)c2)c2ccccc2c1=O. The summed E-state index contributed by atoms with van der Waals surface area (Å²) in [5, 5.41) is 10.0. The molecule has 0 aliphatic carbocycles. The molecule has 3 aromatic rings. The number of hydrazone groups is 1. The molecule has 7 heteroatoms. The molecule has 0 radical (unpaired) electrons. The predicted molar refractivity (Wildman–Crippen MR) is 112 cm³/mol. The van der Waals surface area contributed by atoms with Gasteiger partial charge in [0.2, 0.25) is 0 Å². The van der Waals surface area contributed by atoms with Gasteiger partial charge in [0.1, 0.15) is 0 Å². The summed E-state index contributed by atoms with van der Waals surface area (Å²) in [6, 6.07) is 14.2. The lowest BCUT2D eigenvalue weighted by molar-refractivity contribution is 0.0949. The Kier molecular flexibility index (Phi) is 6.21. The molecule has 144 valence electrons. The van der Waals surface area contributed by atoms with Crippen LogP contribution in [0.1, 0.15) is 42.7 Å². The molecule has 6 nitrogen and oxygen atoms in total. The molecule has 0 spiro atoms. The van der Waals surface area contributed by atoms with Crippen molar-refractivity contribution < 1.29 is 4.79 Å². The number of aryl methyl sites for hydroxylation is 1. The minimum atomic E-state index is -0.470. The fourth-order valence-electron chi connectivity index (χ4n) is 2.83. The summed E-state index contributed by atoms with van der Waals surface area (Å²) in [6.07, 6.45) is 1.73. The van der Waals surface area contributed by atoms with Crippen LogP contribution >= 0.6 is 11.6 Å². The second kappa shape index (κ2) is 8.80. The first-order chi connectivity index (χ1) is 13.5. The Morgan fingerprint density at radius 1 is 1.18 bits per heavy atom. The van der Waals surface area contributed by atoms with Crippen LogP contribution in [-0.4, -0.2) is 21.4 Å². The van der Waals surface area contributed by atoms with Crippen LogP contribution in [0.4, 0.5) is 0 Å². The second-order valence-electron chi connectivity index (χ2n) is 6.42. The van der Waals surface area contributed by atoms with Crippen molar-refractivity contribution in [3.8, 4) is 0 Å².